The zero-order valence-electron chi connectivity index (χ0n) is 24.2. The molecule has 9 heteroatoms. The van der Waals surface area contributed by atoms with E-state index >= 15 is 0 Å². The van der Waals surface area contributed by atoms with Crippen LogP contribution in [-0.2, 0) is 33.2 Å². The molecule has 0 aliphatic heterocycles. The van der Waals surface area contributed by atoms with Crippen LogP contribution in [0.5, 0.6) is 0 Å². The van der Waals surface area contributed by atoms with Gasteiger partial charge in [-0.2, -0.15) is 0 Å². The van der Waals surface area contributed by atoms with Gasteiger partial charge in [0.2, 0.25) is 0 Å². The summed E-state index contributed by atoms with van der Waals surface area (Å²) in [6.07, 6.45) is 9.65. The van der Waals surface area contributed by atoms with E-state index in [1.165, 1.54) is 25.7 Å². The number of esters is 2. The highest BCUT2D eigenvalue weighted by Gasteiger charge is 2.07. The van der Waals surface area contributed by atoms with E-state index in [1.807, 2.05) is 12.1 Å². The number of nitrogens with one attached hydrogen (secondary N) is 1. The summed E-state index contributed by atoms with van der Waals surface area (Å²) in [6, 6.07) is 7.28. The van der Waals surface area contributed by atoms with Crippen molar-refractivity contribution in [3.8, 4) is 0 Å². The minimum absolute atomic E-state index is 0.149. The average molecular weight is 554 g/mol. The summed E-state index contributed by atoms with van der Waals surface area (Å²) in [4.78, 5) is 23.7. The van der Waals surface area contributed by atoms with E-state index in [2.05, 4.69) is 19.2 Å². The van der Waals surface area contributed by atoms with E-state index in [-0.39, 0.29) is 25.2 Å². The van der Waals surface area contributed by atoms with Crippen molar-refractivity contribution in [3.63, 3.8) is 0 Å². The lowest BCUT2D eigenvalue weighted by Gasteiger charge is -2.09. The normalized spacial score (nSPS) is 10.9. The first-order valence-electron chi connectivity index (χ1n) is 14.6. The Morgan fingerprint density at radius 1 is 0.590 bits per heavy atom. The zero-order chi connectivity index (χ0) is 28.2. The maximum Gasteiger partial charge on any atom is 0.338 e. The lowest BCUT2D eigenvalue weighted by Crippen LogP contribution is -2.15. The second-order valence-corrected chi connectivity index (χ2v) is 9.18. The lowest BCUT2D eigenvalue weighted by molar-refractivity contribution is -0.145. The quantitative estimate of drug-likeness (QED) is 0.113. The molecule has 0 fully saturated rings. The Morgan fingerprint density at radius 3 is 1.64 bits per heavy atom. The van der Waals surface area contributed by atoms with Crippen molar-refractivity contribution in [1.82, 2.24) is 0 Å². The van der Waals surface area contributed by atoms with Gasteiger partial charge in [-0.25, -0.2) is 4.79 Å². The molecule has 1 rings (SSSR count). The van der Waals surface area contributed by atoms with Gasteiger partial charge in [-0.05, 0) is 37.1 Å². The minimum Gasteiger partial charge on any atom is -0.463 e. The Balaban J connectivity index is 1.81. The van der Waals surface area contributed by atoms with Crippen molar-refractivity contribution < 1.29 is 38.0 Å². The highest BCUT2D eigenvalue weighted by Crippen LogP contribution is 2.11. The topological polar surface area (TPSA) is 102 Å². The Labute approximate surface area is 235 Å². The van der Waals surface area contributed by atoms with Gasteiger partial charge in [0.15, 0.2) is 0 Å². The first-order chi connectivity index (χ1) is 19.2. The summed E-state index contributed by atoms with van der Waals surface area (Å²) in [6.45, 7) is 9.08. The van der Waals surface area contributed by atoms with E-state index in [0.29, 0.717) is 64.8 Å². The Morgan fingerprint density at radius 2 is 1.08 bits per heavy atom. The van der Waals surface area contributed by atoms with Crippen molar-refractivity contribution in [3.05, 3.63) is 29.8 Å². The van der Waals surface area contributed by atoms with Crippen LogP contribution in [0.4, 0.5) is 5.69 Å². The second-order valence-electron chi connectivity index (χ2n) is 9.18. The van der Waals surface area contributed by atoms with Crippen LogP contribution in [0.25, 0.3) is 0 Å². The molecular formula is C30H51NO8. The monoisotopic (exact) mass is 553 g/mol. The van der Waals surface area contributed by atoms with Crippen LogP contribution in [0.15, 0.2) is 24.3 Å². The van der Waals surface area contributed by atoms with Gasteiger partial charge in [-0.1, -0.05) is 52.4 Å². The first kappa shape index (κ1) is 34.8. The number of anilines is 1. The fourth-order valence-corrected chi connectivity index (χ4v) is 3.51. The Kier molecular flexibility index (Phi) is 23.3. The SMILES string of the molecule is CCCCCCCCC(=O)OCCOCCOCCOCCOCCOC(=O)c1ccc(NCCCC)cc1. The molecule has 9 nitrogen and oxygen atoms in total. The summed E-state index contributed by atoms with van der Waals surface area (Å²) >= 11 is 0. The molecule has 0 radical (unpaired) electrons. The van der Waals surface area contributed by atoms with Gasteiger partial charge in [0.05, 0.1) is 58.4 Å². The van der Waals surface area contributed by atoms with Crippen molar-refractivity contribution in [2.24, 2.45) is 0 Å². The summed E-state index contributed by atoms with van der Waals surface area (Å²) in [5.74, 6) is -0.510. The molecule has 0 amide bonds. The molecule has 224 valence electrons. The molecule has 39 heavy (non-hydrogen) atoms. The van der Waals surface area contributed by atoms with Crippen molar-refractivity contribution in [2.45, 2.75) is 71.6 Å². The van der Waals surface area contributed by atoms with Gasteiger partial charge in [0.1, 0.15) is 13.2 Å². The van der Waals surface area contributed by atoms with Gasteiger partial charge in [-0.3, -0.25) is 4.79 Å². The molecule has 0 aliphatic carbocycles. The summed E-state index contributed by atoms with van der Waals surface area (Å²) < 4.78 is 32.1. The van der Waals surface area contributed by atoms with E-state index in [4.69, 9.17) is 28.4 Å². The number of rotatable bonds is 27. The number of unbranched alkanes of at least 4 members (excludes halogenated alkanes) is 6. The average Bonchev–Trinajstić information content (AvgIpc) is 2.95. The van der Waals surface area contributed by atoms with Crippen LogP contribution in [-0.4, -0.2) is 84.6 Å². The van der Waals surface area contributed by atoms with Crippen LogP contribution in [0.3, 0.4) is 0 Å². The van der Waals surface area contributed by atoms with E-state index in [1.54, 1.807) is 12.1 Å². The maximum atomic E-state index is 12.1. The third-order valence-corrected chi connectivity index (χ3v) is 5.78. The largest absolute Gasteiger partial charge is 0.463 e. The van der Waals surface area contributed by atoms with Crippen molar-refractivity contribution >= 4 is 17.6 Å². The standard InChI is InChI=1S/C30H51NO8/c1-3-5-7-8-9-10-11-29(32)38-25-23-36-21-19-34-17-18-35-20-22-37-24-26-39-30(33)27-12-14-28(15-13-27)31-16-6-4-2/h12-15,31H,3-11,16-26H2,1-2H3. The molecule has 0 heterocycles. The van der Waals surface area contributed by atoms with Gasteiger partial charge in [0, 0.05) is 18.7 Å². The number of ether oxygens (including phenoxy) is 6. The van der Waals surface area contributed by atoms with Crippen molar-refractivity contribution in [1.29, 1.82) is 0 Å². The lowest BCUT2D eigenvalue weighted by atomic mass is 10.1. The highest BCUT2D eigenvalue weighted by atomic mass is 16.6. The van der Waals surface area contributed by atoms with E-state index in [0.717, 1.165) is 37.9 Å². The predicted octanol–water partition coefficient (Wildman–Crippen LogP) is 5.42. The molecular weight excluding hydrogens is 502 g/mol. The van der Waals surface area contributed by atoms with Crippen LogP contribution >= 0.6 is 0 Å². The van der Waals surface area contributed by atoms with Gasteiger partial charge >= 0.3 is 11.9 Å². The molecule has 0 saturated heterocycles. The molecule has 0 spiro atoms. The Hall–Kier alpha value is -2.20. The number of benzene rings is 1. The fourth-order valence-electron chi connectivity index (χ4n) is 3.51. The molecule has 1 aromatic carbocycles. The molecule has 0 bridgehead atoms. The third-order valence-electron chi connectivity index (χ3n) is 5.78. The Bertz CT molecular complexity index is 713. The molecule has 0 aromatic heterocycles. The van der Waals surface area contributed by atoms with Gasteiger partial charge in [0.25, 0.3) is 0 Å². The van der Waals surface area contributed by atoms with E-state index in [9.17, 15) is 9.59 Å². The zero-order valence-corrected chi connectivity index (χ0v) is 24.2. The van der Waals surface area contributed by atoms with E-state index < -0.39 is 0 Å². The molecule has 0 atom stereocenters. The first-order valence-corrected chi connectivity index (χ1v) is 14.6. The summed E-state index contributed by atoms with van der Waals surface area (Å²) in [5.41, 5.74) is 1.52. The second kappa shape index (κ2) is 26.0. The third kappa shape index (κ3) is 21.3. The molecule has 1 aromatic rings. The van der Waals surface area contributed by atoms with Gasteiger partial charge in [-0.15, -0.1) is 0 Å². The van der Waals surface area contributed by atoms with Crippen LogP contribution in [0.1, 0.15) is 82.0 Å². The smallest absolute Gasteiger partial charge is 0.338 e. The van der Waals surface area contributed by atoms with Crippen molar-refractivity contribution in [2.75, 3.05) is 77.9 Å². The summed E-state index contributed by atoms with van der Waals surface area (Å²) in [7, 11) is 0. The highest BCUT2D eigenvalue weighted by molar-refractivity contribution is 5.89. The van der Waals surface area contributed by atoms with Gasteiger partial charge < -0.3 is 33.7 Å². The number of carbonyl (C=O) groups excluding carboxylic acids is 2. The number of hydrogen-bond donors (Lipinski definition) is 1. The van der Waals surface area contributed by atoms with Crippen LogP contribution < -0.4 is 5.32 Å². The minimum atomic E-state index is -0.361. The molecule has 0 saturated carbocycles. The number of hydrogen-bond acceptors (Lipinski definition) is 9. The maximum absolute atomic E-state index is 12.1. The van der Waals surface area contributed by atoms with Crippen LogP contribution in [0.2, 0.25) is 0 Å². The fraction of sp³-hybridized carbons (Fsp3) is 0.733. The summed E-state index contributed by atoms with van der Waals surface area (Å²) in [5, 5.41) is 3.31. The molecule has 0 unspecified atom stereocenters. The number of carbonyl (C=O) groups is 2. The molecule has 1 N–H and O–H groups in total. The predicted molar refractivity (Wildman–Crippen MR) is 152 cm³/mol. The van der Waals surface area contributed by atoms with Crippen LogP contribution in [0, 0.1) is 0 Å². The molecule has 0 aliphatic rings.